The second-order valence-corrected chi connectivity index (χ2v) is 7.35. The molecule has 0 heterocycles. The number of anilines is 1. The van der Waals surface area contributed by atoms with Crippen LogP contribution in [0, 0.1) is 6.92 Å². The minimum atomic E-state index is -0.456. The number of nitrogens with one attached hydrogen (secondary N) is 3. The molecule has 0 aliphatic carbocycles. The van der Waals surface area contributed by atoms with Gasteiger partial charge in [-0.3, -0.25) is 25.2 Å². The number of rotatable bonds is 6. The van der Waals surface area contributed by atoms with Crippen LogP contribution >= 0.6 is 11.6 Å². The molecule has 0 bridgehead atoms. The summed E-state index contributed by atoms with van der Waals surface area (Å²) >= 11 is 6.07. The van der Waals surface area contributed by atoms with Crippen LogP contribution in [0.4, 0.5) is 5.69 Å². The van der Waals surface area contributed by atoms with Crippen molar-refractivity contribution in [3.8, 4) is 0 Å². The lowest BCUT2D eigenvalue weighted by Gasteiger charge is -2.10. The summed E-state index contributed by atoms with van der Waals surface area (Å²) < 4.78 is 0. The van der Waals surface area contributed by atoms with Gasteiger partial charge >= 0.3 is 0 Å². The van der Waals surface area contributed by atoms with E-state index in [0.29, 0.717) is 28.3 Å². The summed E-state index contributed by atoms with van der Waals surface area (Å²) in [6.45, 7) is 1.87. The van der Waals surface area contributed by atoms with E-state index in [1.165, 1.54) is 0 Å². The number of carbonyl (C=O) groups excluding carboxylic acids is 3. The second kappa shape index (κ2) is 10.4. The number of hydrogen-bond donors (Lipinski definition) is 3. The Balaban J connectivity index is 1.48. The Hall–Kier alpha value is -3.64. The van der Waals surface area contributed by atoms with Crippen molar-refractivity contribution in [1.82, 2.24) is 10.9 Å². The average Bonchev–Trinajstić information content (AvgIpc) is 2.77. The maximum Gasteiger partial charge on any atom is 0.269 e. The van der Waals surface area contributed by atoms with Crippen LogP contribution in [0.2, 0.25) is 5.02 Å². The van der Waals surface area contributed by atoms with Crippen molar-refractivity contribution in [3.63, 3.8) is 0 Å². The first-order chi connectivity index (χ1) is 14.9. The van der Waals surface area contributed by atoms with Crippen LogP contribution in [-0.4, -0.2) is 17.7 Å². The summed E-state index contributed by atoms with van der Waals surface area (Å²) in [7, 11) is 0. The topological polar surface area (TPSA) is 87.3 Å². The zero-order chi connectivity index (χ0) is 22.2. The van der Waals surface area contributed by atoms with Gasteiger partial charge in [-0.2, -0.15) is 0 Å². The van der Waals surface area contributed by atoms with E-state index in [1.807, 2.05) is 37.3 Å². The molecule has 3 aromatic carbocycles. The SMILES string of the molecule is Cc1ccccc1C(=O)Nc1ccc(C(=O)NNC(=O)CCc2ccccc2Cl)cc1. The van der Waals surface area contributed by atoms with Crippen molar-refractivity contribution in [1.29, 1.82) is 0 Å². The summed E-state index contributed by atoms with van der Waals surface area (Å²) in [4.78, 5) is 36.6. The van der Waals surface area contributed by atoms with Gasteiger partial charge in [-0.05, 0) is 60.9 Å². The lowest BCUT2D eigenvalue weighted by molar-refractivity contribution is -0.121. The lowest BCUT2D eigenvalue weighted by atomic mass is 10.1. The molecule has 7 heteroatoms. The smallest absolute Gasteiger partial charge is 0.269 e. The van der Waals surface area contributed by atoms with Crippen molar-refractivity contribution in [3.05, 3.63) is 100 Å². The molecule has 3 aromatic rings. The minimum absolute atomic E-state index is 0.188. The molecule has 0 unspecified atom stereocenters. The van der Waals surface area contributed by atoms with Crippen molar-refractivity contribution in [2.75, 3.05) is 5.32 Å². The van der Waals surface area contributed by atoms with Crippen molar-refractivity contribution < 1.29 is 14.4 Å². The van der Waals surface area contributed by atoms with E-state index >= 15 is 0 Å². The van der Waals surface area contributed by atoms with Crippen molar-refractivity contribution >= 4 is 35.0 Å². The third-order valence-electron chi connectivity index (χ3n) is 4.69. The minimum Gasteiger partial charge on any atom is -0.322 e. The summed E-state index contributed by atoms with van der Waals surface area (Å²) in [5.74, 6) is -1.00. The van der Waals surface area contributed by atoms with Gasteiger partial charge in [0, 0.05) is 28.3 Å². The zero-order valence-corrected chi connectivity index (χ0v) is 17.7. The molecular weight excluding hydrogens is 414 g/mol. The fourth-order valence-corrected chi connectivity index (χ4v) is 3.17. The van der Waals surface area contributed by atoms with E-state index < -0.39 is 5.91 Å². The number of halogens is 1. The Morgan fingerprint density at radius 1 is 0.806 bits per heavy atom. The molecule has 0 aliphatic rings. The predicted octanol–water partition coefficient (Wildman–Crippen LogP) is 4.29. The standard InChI is InChI=1S/C24H22ClN3O3/c1-16-6-2-4-8-20(16)24(31)26-19-13-10-18(11-14-19)23(30)28-27-22(29)15-12-17-7-3-5-9-21(17)25/h2-11,13-14H,12,15H2,1H3,(H,26,31)(H,27,29)(H,28,30). The van der Waals surface area contributed by atoms with Crippen LogP contribution in [-0.2, 0) is 11.2 Å². The Kier molecular flexibility index (Phi) is 7.40. The largest absolute Gasteiger partial charge is 0.322 e. The van der Waals surface area contributed by atoms with Gasteiger partial charge in [-0.1, -0.05) is 48.0 Å². The van der Waals surface area contributed by atoms with Crippen LogP contribution in [0.25, 0.3) is 0 Å². The van der Waals surface area contributed by atoms with E-state index in [0.717, 1.165) is 11.1 Å². The first kappa shape index (κ1) is 22.1. The summed E-state index contributed by atoms with van der Waals surface area (Å²) in [5.41, 5.74) is 8.02. The summed E-state index contributed by atoms with van der Waals surface area (Å²) in [6, 6.07) is 21.0. The van der Waals surface area contributed by atoms with E-state index in [4.69, 9.17) is 11.6 Å². The molecule has 31 heavy (non-hydrogen) atoms. The average molecular weight is 436 g/mol. The van der Waals surface area contributed by atoms with Gasteiger partial charge in [0.05, 0.1) is 0 Å². The number of hydrogen-bond acceptors (Lipinski definition) is 3. The lowest BCUT2D eigenvalue weighted by Crippen LogP contribution is -2.41. The zero-order valence-electron chi connectivity index (χ0n) is 16.9. The highest BCUT2D eigenvalue weighted by molar-refractivity contribution is 6.31. The van der Waals surface area contributed by atoms with E-state index in [-0.39, 0.29) is 18.2 Å². The molecular formula is C24H22ClN3O3. The quantitative estimate of drug-likeness (QED) is 0.504. The fraction of sp³-hybridized carbons (Fsp3) is 0.125. The monoisotopic (exact) mass is 435 g/mol. The molecule has 0 atom stereocenters. The predicted molar refractivity (Wildman–Crippen MR) is 121 cm³/mol. The molecule has 3 rings (SSSR count). The van der Waals surface area contributed by atoms with Gasteiger partial charge in [0.25, 0.3) is 11.8 Å². The van der Waals surface area contributed by atoms with Crippen LogP contribution in [0.5, 0.6) is 0 Å². The molecule has 3 amide bonds. The number of hydrazine groups is 1. The number of amides is 3. The summed E-state index contributed by atoms with van der Waals surface area (Å²) in [5, 5.41) is 3.41. The highest BCUT2D eigenvalue weighted by atomic mass is 35.5. The molecule has 0 aliphatic heterocycles. The van der Waals surface area contributed by atoms with Crippen LogP contribution < -0.4 is 16.2 Å². The van der Waals surface area contributed by atoms with Gasteiger partial charge in [0.1, 0.15) is 0 Å². The molecule has 158 valence electrons. The highest BCUT2D eigenvalue weighted by Crippen LogP contribution is 2.16. The number of carbonyl (C=O) groups is 3. The van der Waals surface area contributed by atoms with E-state index in [2.05, 4.69) is 16.2 Å². The van der Waals surface area contributed by atoms with E-state index in [1.54, 1.807) is 42.5 Å². The van der Waals surface area contributed by atoms with Crippen molar-refractivity contribution in [2.24, 2.45) is 0 Å². The third kappa shape index (κ3) is 6.17. The van der Waals surface area contributed by atoms with Crippen molar-refractivity contribution in [2.45, 2.75) is 19.8 Å². The first-order valence-electron chi connectivity index (χ1n) is 9.73. The third-order valence-corrected chi connectivity index (χ3v) is 5.06. The Morgan fingerprint density at radius 3 is 2.19 bits per heavy atom. The normalized spacial score (nSPS) is 10.3. The Labute approximate surface area is 185 Å². The van der Waals surface area contributed by atoms with Gasteiger partial charge in [-0.15, -0.1) is 0 Å². The molecule has 0 saturated heterocycles. The van der Waals surface area contributed by atoms with Gasteiger partial charge in [-0.25, -0.2) is 0 Å². The highest BCUT2D eigenvalue weighted by Gasteiger charge is 2.11. The number of benzene rings is 3. The molecule has 0 fully saturated rings. The number of aryl methyl sites for hydroxylation is 2. The fourth-order valence-electron chi connectivity index (χ4n) is 2.94. The van der Waals surface area contributed by atoms with Crippen LogP contribution in [0.15, 0.2) is 72.8 Å². The van der Waals surface area contributed by atoms with Gasteiger partial charge in [0.15, 0.2) is 0 Å². The summed E-state index contributed by atoms with van der Waals surface area (Å²) in [6.07, 6.45) is 0.657. The Morgan fingerprint density at radius 2 is 1.48 bits per heavy atom. The first-order valence-corrected chi connectivity index (χ1v) is 10.1. The van der Waals surface area contributed by atoms with E-state index in [9.17, 15) is 14.4 Å². The molecule has 0 aromatic heterocycles. The maximum atomic E-state index is 12.4. The Bertz CT molecular complexity index is 1100. The molecule has 3 N–H and O–H groups in total. The molecule has 0 saturated carbocycles. The maximum absolute atomic E-state index is 12.4. The molecule has 0 radical (unpaired) electrons. The van der Waals surface area contributed by atoms with Crippen LogP contribution in [0.1, 0.15) is 38.3 Å². The van der Waals surface area contributed by atoms with Crippen LogP contribution in [0.3, 0.4) is 0 Å². The second-order valence-electron chi connectivity index (χ2n) is 6.94. The molecule has 0 spiro atoms. The van der Waals surface area contributed by atoms with Gasteiger partial charge < -0.3 is 5.32 Å². The van der Waals surface area contributed by atoms with Gasteiger partial charge in [0.2, 0.25) is 5.91 Å². The molecule has 6 nitrogen and oxygen atoms in total.